The smallest absolute Gasteiger partial charge is 0.338 e. The molecule has 0 saturated heterocycles. The summed E-state index contributed by atoms with van der Waals surface area (Å²) in [5.41, 5.74) is 1.45. The summed E-state index contributed by atoms with van der Waals surface area (Å²) >= 11 is 0. The molecular weight excluding hydrogens is 364 g/mol. The average molecular weight is 382 g/mol. The predicted molar refractivity (Wildman–Crippen MR) is 99.9 cm³/mol. The number of nitrogens with one attached hydrogen (secondary N) is 1. The Hall–Kier alpha value is -3.55. The van der Waals surface area contributed by atoms with Gasteiger partial charge in [0.25, 0.3) is 5.91 Å². The van der Waals surface area contributed by atoms with Crippen molar-refractivity contribution < 1.29 is 28.6 Å². The van der Waals surface area contributed by atoms with Gasteiger partial charge in [0.1, 0.15) is 6.04 Å². The van der Waals surface area contributed by atoms with Crippen LogP contribution in [0.2, 0.25) is 0 Å². The zero-order chi connectivity index (χ0) is 19.8. The third kappa shape index (κ3) is 2.83. The zero-order valence-electron chi connectivity index (χ0n) is 15.4. The van der Waals surface area contributed by atoms with Crippen LogP contribution in [0.25, 0.3) is 0 Å². The zero-order valence-corrected chi connectivity index (χ0v) is 15.4. The molecule has 2 amide bonds. The first-order chi connectivity index (χ1) is 13.5. The highest BCUT2D eigenvalue weighted by Gasteiger charge is 2.37. The standard InChI is InChI=1S/C20H18N2O6/c1-3-26-20(25)12-7-8-15-14(9-12)21-18(23)11(2)22(15)19(24)13-5-4-6-16-17(13)28-10-27-16/h4-9,11H,3,10H2,1-2H3,(H,21,23)/t11-/m0/s1. The number of esters is 1. The van der Waals surface area contributed by atoms with E-state index >= 15 is 0 Å². The number of hydrogen-bond acceptors (Lipinski definition) is 6. The molecule has 2 aliphatic rings. The van der Waals surface area contributed by atoms with E-state index in [0.29, 0.717) is 34.0 Å². The van der Waals surface area contributed by atoms with Gasteiger partial charge in [-0.05, 0) is 44.2 Å². The van der Waals surface area contributed by atoms with Gasteiger partial charge >= 0.3 is 5.97 Å². The maximum Gasteiger partial charge on any atom is 0.338 e. The van der Waals surface area contributed by atoms with E-state index in [1.807, 2.05) is 0 Å². The number of ether oxygens (including phenoxy) is 3. The number of nitrogens with zero attached hydrogens (tertiary/aromatic N) is 1. The van der Waals surface area contributed by atoms with Gasteiger partial charge in [-0.25, -0.2) is 4.79 Å². The van der Waals surface area contributed by atoms with Crippen molar-refractivity contribution in [3.05, 3.63) is 47.5 Å². The lowest BCUT2D eigenvalue weighted by molar-refractivity contribution is -0.117. The van der Waals surface area contributed by atoms with E-state index in [2.05, 4.69) is 5.32 Å². The van der Waals surface area contributed by atoms with E-state index in [0.717, 1.165) is 0 Å². The fraction of sp³-hybridized carbons (Fsp3) is 0.250. The Morgan fingerprint density at radius 3 is 2.86 bits per heavy atom. The van der Waals surface area contributed by atoms with Gasteiger partial charge < -0.3 is 19.5 Å². The van der Waals surface area contributed by atoms with Crippen LogP contribution in [0.15, 0.2) is 36.4 Å². The Balaban J connectivity index is 1.76. The molecule has 0 aromatic heterocycles. The Morgan fingerprint density at radius 1 is 1.25 bits per heavy atom. The van der Waals surface area contributed by atoms with Crippen LogP contribution < -0.4 is 19.7 Å². The molecule has 0 bridgehead atoms. The number of carbonyl (C=O) groups excluding carboxylic acids is 3. The largest absolute Gasteiger partial charge is 0.462 e. The minimum Gasteiger partial charge on any atom is -0.462 e. The molecule has 28 heavy (non-hydrogen) atoms. The van der Waals surface area contributed by atoms with Crippen molar-refractivity contribution in [2.24, 2.45) is 0 Å². The molecule has 1 N–H and O–H groups in total. The summed E-state index contributed by atoms with van der Waals surface area (Å²) < 4.78 is 15.8. The number of fused-ring (bicyclic) bond motifs is 2. The lowest BCUT2D eigenvalue weighted by Gasteiger charge is -2.34. The third-order valence-corrected chi connectivity index (χ3v) is 4.64. The molecule has 0 aliphatic carbocycles. The van der Waals surface area contributed by atoms with Crippen molar-refractivity contribution in [2.45, 2.75) is 19.9 Å². The molecule has 0 radical (unpaired) electrons. The normalized spacial score (nSPS) is 17.0. The second-order valence-corrected chi connectivity index (χ2v) is 6.33. The molecule has 0 unspecified atom stereocenters. The Bertz CT molecular complexity index is 987. The summed E-state index contributed by atoms with van der Waals surface area (Å²) in [6.07, 6.45) is 0. The molecule has 2 heterocycles. The van der Waals surface area contributed by atoms with Crippen LogP contribution in [0.3, 0.4) is 0 Å². The summed E-state index contributed by atoms with van der Waals surface area (Å²) in [4.78, 5) is 39.2. The van der Waals surface area contributed by atoms with Gasteiger partial charge in [0.2, 0.25) is 12.7 Å². The summed E-state index contributed by atoms with van der Waals surface area (Å²) in [6, 6.07) is 8.98. The number of hydrogen-bond donors (Lipinski definition) is 1. The highest BCUT2D eigenvalue weighted by molar-refractivity contribution is 6.18. The number of benzene rings is 2. The molecule has 144 valence electrons. The molecule has 8 heteroatoms. The Labute approximate surface area is 161 Å². The lowest BCUT2D eigenvalue weighted by atomic mass is 10.0. The van der Waals surface area contributed by atoms with Crippen molar-refractivity contribution in [1.82, 2.24) is 0 Å². The van der Waals surface area contributed by atoms with Gasteiger partial charge in [-0.1, -0.05) is 6.07 Å². The van der Waals surface area contributed by atoms with Crippen LogP contribution >= 0.6 is 0 Å². The molecule has 0 spiro atoms. The molecule has 2 aromatic rings. The van der Waals surface area contributed by atoms with Gasteiger partial charge in [0.05, 0.1) is 29.1 Å². The number of amides is 2. The van der Waals surface area contributed by atoms with Gasteiger partial charge in [-0.3, -0.25) is 14.5 Å². The molecule has 2 aromatic carbocycles. The molecule has 4 rings (SSSR count). The van der Waals surface area contributed by atoms with E-state index in [-0.39, 0.29) is 19.3 Å². The maximum absolute atomic E-state index is 13.3. The van der Waals surface area contributed by atoms with Crippen molar-refractivity contribution in [3.63, 3.8) is 0 Å². The molecular formula is C20H18N2O6. The van der Waals surface area contributed by atoms with Crippen molar-refractivity contribution >= 4 is 29.2 Å². The molecule has 8 nitrogen and oxygen atoms in total. The fourth-order valence-corrected chi connectivity index (χ4v) is 3.26. The Kier molecular flexibility index (Phi) is 4.38. The van der Waals surface area contributed by atoms with E-state index in [9.17, 15) is 14.4 Å². The number of anilines is 2. The summed E-state index contributed by atoms with van der Waals surface area (Å²) in [5, 5.41) is 2.74. The molecule has 0 fully saturated rings. The quantitative estimate of drug-likeness (QED) is 0.820. The van der Waals surface area contributed by atoms with Crippen molar-refractivity contribution in [1.29, 1.82) is 0 Å². The van der Waals surface area contributed by atoms with Crippen molar-refractivity contribution in [3.8, 4) is 11.5 Å². The van der Waals surface area contributed by atoms with Crippen LogP contribution in [0.4, 0.5) is 11.4 Å². The average Bonchev–Trinajstić information content (AvgIpc) is 3.17. The van der Waals surface area contributed by atoms with Gasteiger partial charge in [-0.15, -0.1) is 0 Å². The topological polar surface area (TPSA) is 94.2 Å². The first kappa shape index (κ1) is 17.8. The number of carbonyl (C=O) groups is 3. The SMILES string of the molecule is CCOC(=O)c1ccc2c(c1)NC(=O)[C@H](C)N2C(=O)c1cccc2c1OCO2. The lowest BCUT2D eigenvalue weighted by Crippen LogP contribution is -2.49. The molecule has 0 saturated carbocycles. The predicted octanol–water partition coefficient (Wildman–Crippen LogP) is 2.58. The Morgan fingerprint density at radius 2 is 2.07 bits per heavy atom. The van der Waals surface area contributed by atoms with E-state index in [1.54, 1.807) is 44.2 Å². The highest BCUT2D eigenvalue weighted by Crippen LogP contribution is 2.39. The van der Waals surface area contributed by atoms with Crippen LogP contribution in [-0.4, -0.2) is 37.2 Å². The van der Waals surface area contributed by atoms with E-state index in [4.69, 9.17) is 14.2 Å². The summed E-state index contributed by atoms with van der Waals surface area (Å²) in [5.74, 6) is -0.405. The van der Waals surface area contributed by atoms with Gasteiger partial charge in [0.15, 0.2) is 11.5 Å². The second kappa shape index (κ2) is 6.88. The third-order valence-electron chi connectivity index (χ3n) is 4.64. The monoisotopic (exact) mass is 382 g/mol. The van der Waals surface area contributed by atoms with Crippen LogP contribution in [0.1, 0.15) is 34.6 Å². The van der Waals surface area contributed by atoms with E-state index in [1.165, 1.54) is 11.0 Å². The highest BCUT2D eigenvalue weighted by atomic mass is 16.7. The van der Waals surface area contributed by atoms with Gasteiger partial charge in [-0.2, -0.15) is 0 Å². The molecule has 1 atom stereocenters. The molecule has 2 aliphatic heterocycles. The van der Waals surface area contributed by atoms with Gasteiger partial charge in [0, 0.05) is 0 Å². The number of rotatable bonds is 3. The van der Waals surface area contributed by atoms with Crippen LogP contribution in [-0.2, 0) is 9.53 Å². The summed E-state index contributed by atoms with van der Waals surface area (Å²) in [6.45, 7) is 3.63. The van der Waals surface area contributed by atoms with Crippen LogP contribution in [0.5, 0.6) is 11.5 Å². The summed E-state index contributed by atoms with van der Waals surface area (Å²) in [7, 11) is 0. The first-order valence-electron chi connectivity index (χ1n) is 8.85. The fourth-order valence-electron chi connectivity index (χ4n) is 3.26. The van der Waals surface area contributed by atoms with Crippen molar-refractivity contribution in [2.75, 3.05) is 23.6 Å². The first-order valence-corrected chi connectivity index (χ1v) is 8.85. The maximum atomic E-state index is 13.3. The number of para-hydroxylation sites is 1. The minimum atomic E-state index is -0.744. The minimum absolute atomic E-state index is 0.0369. The second-order valence-electron chi connectivity index (χ2n) is 6.33. The van der Waals surface area contributed by atoms with Crippen LogP contribution in [0, 0.1) is 0 Å². The van der Waals surface area contributed by atoms with E-state index < -0.39 is 17.9 Å².